The molecular formula is C24H33FO7. The number of hydrogen-bond acceptors (Lipinski definition) is 6. The first-order chi connectivity index (χ1) is 14.8. The molecule has 0 heterocycles. The largest absolute Gasteiger partial charge is 0.481 e. The normalized spacial score (nSPS) is 48.8. The third-order valence-electron chi connectivity index (χ3n) is 9.50. The van der Waals surface area contributed by atoms with Crippen molar-refractivity contribution in [1.29, 1.82) is 0 Å². The maximum Gasteiger partial charge on any atom is 0.306 e. The van der Waals surface area contributed by atoms with Crippen molar-refractivity contribution in [2.75, 3.05) is 0 Å². The summed E-state index contributed by atoms with van der Waals surface area (Å²) < 4.78 is 15.4. The summed E-state index contributed by atoms with van der Waals surface area (Å²) in [6, 6.07) is 0. The van der Waals surface area contributed by atoms with Crippen LogP contribution in [0.1, 0.15) is 59.3 Å². The number of ketones is 2. The zero-order valence-electron chi connectivity index (χ0n) is 18.8. The fraction of sp³-hybridized carbons (Fsp3) is 0.792. The number of hydrogen-bond donors (Lipinski definition) is 4. The molecular weight excluding hydrogens is 419 g/mol. The monoisotopic (exact) mass is 452 g/mol. The second-order valence-electron chi connectivity index (χ2n) is 11.1. The molecule has 3 saturated carbocycles. The van der Waals surface area contributed by atoms with Crippen LogP contribution < -0.4 is 0 Å². The quantitative estimate of drug-likeness (QED) is 0.511. The average Bonchev–Trinajstić information content (AvgIpc) is 2.89. The van der Waals surface area contributed by atoms with E-state index in [-0.39, 0.29) is 36.4 Å². The molecule has 0 aromatic carbocycles. The number of aliphatic carboxylic acids is 1. The number of Topliss-reactive ketones (excluding diaryl/α,β-unsaturated/α-hetero) is 1. The zero-order chi connectivity index (χ0) is 23.8. The third kappa shape index (κ3) is 2.98. The van der Waals surface area contributed by atoms with Crippen LogP contribution in [0.4, 0.5) is 4.39 Å². The van der Waals surface area contributed by atoms with Gasteiger partial charge in [0.25, 0.3) is 0 Å². The second-order valence-corrected chi connectivity index (χ2v) is 11.1. The molecule has 4 N–H and O–H groups in total. The van der Waals surface area contributed by atoms with E-state index in [0.29, 0.717) is 24.8 Å². The van der Waals surface area contributed by atoms with Gasteiger partial charge in [0, 0.05) is 11.8 Å². The van der Waals surface area contributed by atoms with Gasteiger partial charge < -0.3 is 20.4 Å². The van der Waals surface area contributed by atoms with Crippen molar-refractivity contribution in [1.82, 2.24) is 0 Å². The molecule has 0 radical (unpaired) electrons. The lowest BCUT2D eigenvalue weighted by Crippen LogP contribution is -2.64. The Morgan fingerprint density at radius 1 is 1.28 bits per heavy atom. The van der Waals surface area contributed by atoms with E-state index in [1.165, 1.54) is 6.08 Å². The van der Waals surface area contributed by atoms with Crippen LogP contribution in [0.15, 0.2) is 11.6 Å². The summed E-state index contributed by atoms with van der Waals surface area (Å²) in [7, 11) is 0. The van der Waals surface area contributed by atoms with Gasteiger partial charge in [0.05, 0.1) is 12.5 Å². The molecule has 10 atom stereocenters. The van der Waals surface area contributed by atoms with E-state index in [9.17, 15) is 29.7 Å². The zero-order valence-corrected chi connectivity index (χ0v) is 18.8. The van der Waals surface area contributed by atoms with E-state index in [1.807, 2.05) is 6.92 Å². The van der Waals surface area contributed by atoms with Crippen molar-refractivity contribution in [3.8, 4) is 0 Å². The molecule has 4 aliphatic rings. The molecule has 0 amide bonds. The van der Waals surface area contributed by atoms with Gasteiger partial charge in [-0.25, -0.2) is 4.39 Å². The number of carbonyl (C=O) groups is 3. The number of aliphatic hydroxyl groups excluding tert-OH is 2. The van der Waals surface area contributed by atoms with Crippen LogP contribution in [0.25, 0.3) is 0 Å². The van der Waals surface area contributed by atoms with Crippen LogP contribution in [0.5, 0.6) is 0 Å². The molecule has 4 aliphatic carbocycles. The molecule has 0 aromatic rings. The number of carboxylic acids is 1. The number of alkyl halides is 1. The van der Waals surface area contributed by atoms with E-state index in [0.717, 1.165) is 0 Å². The number of rotatable bonds is 4. The lowest BCUT2D eigenvalue weighted by atomic mass is 9.45. The highest BCUT2D eigenvalue weighted by atomic mass is 19.1. The minimum atomic E-state index is -2.02. The topological polar surface area (TPSA) is 132 Å². The predicted octanol–water partition coefficient (Wildman–Crippen LogP) is 1.82. The maximum atomic E-state index is 15.4. The van der Waals surface area contributed by atoms with E-state index >= 15 is 4.39 Å². The van der Waals surface area contributed by atoms with Gasteiger partial charge in [-0.2, -0.15) is 0 Å². The first kappa shape index (κ1) is 23.5. The molecule has 8 heteroatoms. The summed E-state index contributed by atoms with van der Waals surface area (Å²) >= 11 is 0. The molecule has 32 heavy (non-hydrogen) atoms. The summed E-state index contributed by atoms with van der Waals surface area (Å²) in [4.78, 5) is 36.2. The van der Waals surface area contributed by atoms with Gasteiger partial charge >= 0.3 is 5.97 Å². The fourth-order valence-electron chi connectivity index (χ4n) is 8.06. The molecule has 0 saturated heterocycles. The van der Waals surface area contributed by atoms with Gasteiger partial charge in [0.2, 0.25) is 0 Å². The van der Waals surface area contributed by atoms with Crippen LogP contribution in [0.2, 0.25) is 0 Å². The standard InChI is InChI=1S/C24H33FO7/c1-11-6-14-13-8-16(25)15-7-12(26)4-5-22(15,2)20(13)18(28)10-23(14,3)24(11,32)21(31)17(27)9-19(29)30/h7,11,13-14,16-18,20,27-28,32H,4-6,8-10H2,1-3H3,(H,29,30)/t11-,13+,14+,16+,17?,18+,20-,22+,23+,24+/m1/s1. The van der Waals surface area contributed by atoms with E-state index in [2.05, 4.69) is 0 Å². The maximum absolute atomic E-state index is 15.4. The van der Waals surface area contributed by atoms with Gasteiger partial charge in [-0.05, 0) is 66.4 Å². The SMILES string of the molecule is C[C@@H]1C[C@H]2[C@@H]3C[C@H](F)C4=CC(=O)CC[C@]4(C)[C@H]3[C@@H](O)C[C@]2(C)[C@@]1(O)C(=O)C(O)CC(=O)O. The van der Waals surface area contributed by atoms with Crippen molar-refractivity contribution < 1.29 is 39.2 Å². The number of aliphatic hydroxyl groups is 3. The van der Waals surface area contributed by atoms with Crippen LogP contribution in [0, 0.1) is 34.5 Å². The summed E-state index contributed by atoms with van der Waals surface area (Å²) in [5.74, 6) is -3.88. The van der Waals surface area contributed by atoms with Crippen LogP contribution >= 0.6 is 0 Å². The Morgan fingerprint density at radius 2 is 1.94 bits per heavy atom. The summed E-state index contributed by atoms with van der Waals surface area (Å²) in [5, 5.41) is 42.3. The molecule has 0 bridgehead atoms. The number of carbonyl (C=O) groups excluding carboxylic acids is 2. The summed E-state index contributed by atoms with van der Waals surface area (Å²) in [6.45, 7) is 5.31. The third-order valence-corrected chi connectivity index (χ3v) is 9.50. The molecule has 7 nitrogen and oxygen atoms in total. The van der Waals surface area contributed by atoms with Crippen molar-refractivity contribution in [3.05, 3.63) is 11.6 Å². The second kappa shape index (κ2) is 7.43. The van der Waals surface area contributed by atoms with Gasteiger partial charge in [-0.3, -0.25) is 14.4 Å². The minimum Gasteiger partial charge on any atom is -0.481 e. The van der Waals surface area contributed by atoms with Gasteiger partial charge in [0.1, 0.15) is 17.9 Å². The number of carboxylic acid groups (broad SMARTS) is 1. The highest BCUT2D eigenvalue weighted by Gasteiger charge is 2.71. The fourth-order valence-corrected chi connectivity index (χ4v) is 8.06. The molecule has 0 aromatic heterocycles. The van der Waals surface area contributed by atoms with E-state index in [1.54, 1.807) is 13.8 Å². The van der Waals surface area contributed by atoms with E-state index < -0.39 is 58.9 Å². The Bertz CT molecular complexity index is 886. The Kier molecular flexibility index (Phi) is 5.46. The van der Waals surface area contributed by atoms with Crippen LogP contribution in [-0.4, -0.2) is 61.9 Å². The summed E-state index contributed by atoms with van der Waals surface area (Å²) in [6.07, 6.45) is -2.19. The van der Waals surface area contributed by atoms with Crippen molar-refractivity contribution in [2.45, 2.75) is 83.3 Å². The smallest absolute Gasteiger partial charge is 0.306 e. The molecule has 0 aliphatic heterocycles. The molecule has 0 spiro atoms. The Hall–Kier alpha value is -1.64. The van der Waals surface area contributed by atoms with Crippen molar-refractivity contribution >= 4 is 17.5 Å². The molecule has 1 unspecified atom stereocenters. The Labute approximate surface area is 186 Å². The predicted molar refractivity (Wildman–Crippen MR) is 111 cm³/mol. The van der Waals surface area contributed by atoms with Gasteiger partial charge in [-0.15, -0.1) is 0 Å². The summed E-state index contributed by atoms with van der Waals surface area (Å²) in [5.41, 5.74) is -3.38. The number of allylic oxidation sites excluding steroid dienone is 1. The lowest BCUT2D eigenvalue weighted by Gasteiger charge is -2.61. The number of fused-ring (bicyclic) bond motifs is 5. The lowest BCUT2D eigenvalue weighted by molar-refractivity contribution is -0.193. The minimum absolute atomic E-state index is 0.0823. The molecule has 4 rings (SSSR count). The molecule has 3 fully saturated rings. The van der Waals surface area contributed by atoms with Crippen molar-refractivity contribution in [2.24, 2.45) is 34.5 Å². The Morgan fingerprint density at radius 3 is 2.56 bits per heavy atom. The van der Waals surface area contributed by atoms with Crippen molar-refractivity contribution in [3.63, 3.8) is 0 Å². The highest BCUT2D eigenvalue weighted by Crippen LogP contribution is 2.69. The van der Waals surface area contributed by atoms with E-state index in [4.69, 9.17) is 5.11 Å². The van der Waals surface area contributed by atoms with Crippen LogP contribution in [0.3, 0.4) is 0 Å². The highest BCUT2D eigenvalue weighted by molar-refractivity contribution is 5.95. The first-order valence-electron chi connectivity index (χ1n) is 11.5. The number of halogens is 1. The van der Waals surface area contributed by atoms with Crippen LogP contribution in [-0.2, 0) is 14.4 Å². The van der Waals surface area contributed by atoms with Gasteiger partial charge in [0.15, 0.2) is 11.6 Å². The Balaban J connectivity index is 1.74. The van der Waals surface area contributed by atoms with Gasteiger partial charge in [-0.1, -0.05) is 20.8 Å². The molecule has 178 valence electrons. The first-order valence-corrected chi connectivity index (χ1v) is 11.5. The average molecular weight is 453 g/mol.